The van der Waals surface area contributed by atoms with Gasteiger partial charge >= 0.3 is 12.1 Å². The van der Waals surface area contributed by atoms with Crippen LogP contribution in [0.1, 0.15) is 18.1 Å². The van der Waals surface area contributed by atoms with Gasteiger partial charge in [0.05, 0.1) is 6.21 Å². The van der Waals surface area contributed by atoms with E-state index >= 15 is 0 Å². The third-order valence-corrected chi connectivity index (χ3v) is 4.06. The Morgan fingerprint density at radius 2 is 1.71 bits per heavy atom. The maximum atomic E-state index is 12.0. The standard InChI is InChI=1S/C22H20N2O4/c1-16(21(25)27-15-17-8-3-2-4-9-17)24-22(26)28-23-14-19-12-7-11-18-10-5-6-13-20(18)19/h2-14,16H,15H2,1H3,(H,24,26)/b23-14+. The summed E-state index contributed by atoms with van der Waals surface area (Å²) >= 11 is 0. The molecule has 0 aromatic heterocycles. The summed E-state index contributed by atoms with van der Waals surface area (Å²) in [5.74, 6) is -0.557. The molecule has 3 aromatic rings. The second-order valence-corrected chi connectivity index (χ2v) is 6.14. The van der Waals surface area contributed by atoms with Gasteiger partial charge in [0, 0.05) is 5.56 Å². The van der Waals surface area contributed by atoms with Crippen LogP contribution in [-0.2, 0) is 21.0 Å². The number of amides is 1. The zero-order valence-corrected chi connectivity index (χ0v) is 15.4. The molecule has 0 aliphatic rings. The van der Waals surface area contributed by atoms with Crippen molar-refractivity contribution >= 4 is 29.0 Å². The van der Waals surface area contributed by atoms with Crippen molar-refractivity contribution < 1.29 is 19.2 Å². The van der Waals surface area contributed by atoms with Crippen molar-refractivity contribution in [2.45, 2.75) is 19.6 Å². The van der Waals surface area contributed by atoms with Crippen molar-refractivity contribution in [2.75, 3.05) is 0 Å². The molecule has 0 radical (unpaired) electrons. The summed E-state index contributed by atoms with van der Waals surface area (Å²) in [5.41, 5.74) is 1.69. The number of carbonyl (C=O) groups excluding carboxylic acids is 2. The molecule has 6 heteroatoms. The highest BCUT2D eigenvalue weighted by molar-refractivity contribution is 5.99. The van der Waals surface area contributed by atoms with Crippen LogP contribution in [0.5, 0.6) is 0 Å². The summed E-state index contributed by atoms with van der Waals surface area (Å²) in [4.78, 5) is 28.6. The van der Waals surface area contributed by atoms with Gasteiger partial charge in [-0.3, -0.25) is 4.84 Å². The van der Waals surface area contributed by atoms with Crippen LogP contribution < -0.4 is 5.32 Å². The fraction of sp³-hybridized carbons (Fsp3) is 0.136. The number of hydrogen-bond acceptors (Lipinski definition) is 5. The molecule has 0 saturated carbocycles. The Balaban J connectivity index is 1.49. The molecule has 1 atom stereocenters. The number of esters is 1. The van der Waals surface area contributed by atoms with Gasteiger partial charge in [-0.25, -0.2) is 9.59 Å². The number of ether oxygens (including phenoxy) is 1. The molecule has 0 spiro atoms. The van der Waals surface area contributed by atoms with E-state index in [9.17, 15) is 9.59 Å². The van der Waals surface area contributed by atoms with Gasteiger partial charge in [-0.15, -0.1) is 0 Å². The first-order chi connectivity index (χ1) is 13.6. The minimum absolute atomic E-state index is 0.139. The minimum atomic E-state index is -0.857. The van der Waals surface area contributed by atoms with Crippen LogP contribution in [0.2, 0.25) is 0 Å². The predicted octanol–water partition coefficient (Wildman–Crippen LogP) is 4.03. The van der Waals surface area contributed by atoms with Gasteiger partial charge in [0.2, 0.25) is 0 Å². The Morgan fingerprint density at radius 1 is 1.00 bits per heavy atom. The van der Waals surface area contributed by atoms with E-state index in [0.29, 0.717) is 0 Å². The normalized spacial score (nSPS) is 11.9. The van der Waals surface area contributed by atoms with E-state index in [4.69, 9.17) is 9.57 Å². The van der Waals surface area contributed by atoms with Crippen molar-refractivity contribution in [2.24, 2.45) is 5.16 Å². The zero-order valence-electron chi connectivity index (χ0n) is 15.4. The van der Waals surface area contributed by atoms with E-state index in [1.54, 1.807) is 0 Å². The van der Waals surface area contributed by atoms with E-state index in [-0.39, 0.29) is 6.61 Å². The van der Waals surface area contributed by atoms with Crippen molar-refractivity contribution in [3.8, 4) is 0 Å². The molecule has 0 aliphatic heterocycles. The second-order valence-electron chi connectivity index (χ2n) is 6.14. The van der Waals surface area contributed by atoms with E-state index in [2.05, 4.69) is 10.5 Å². The summed E-state index contributed by atoms with van der Waals surface area (Å²) in [6.45, 7) is 1.66. The summed E-state index contributed by atoms with van der Waals surface area (Å²) < 4.78 is 5.17. The van der Waals surface area contributed by atoms with Gasteiger partial charge in [0.15, 0.2) is 0 Å². The Labute approximate surface area is 162 Å². The minimum Gasteiger partial charge on any atom is -0.459 e. The number of oxime groups is 1. The van der Waals surface area contributed by atoms with Crippen LogP contribution >= 0.6 is 0 Å². The summed E-state index contributed by atoms with van der Waals surface area (Å²) in [6, 6.07) is 22.0. The SMILES string of the molecule is CC(NC(=O)O/N=C/c1cccc2ccccc12)C(=O)OCc1ccccc1. The average Bonchev–Trinajstić information content (AvgIpc) is 2.73. The Bertz CT molecular complexity index is 981. The highest BCUT2D eigenvalue weighted by atomic mass is 16.7. The molecule has 1 N–H and O–H groups in total. The van der Waals surface area contributed by atoms with E-state index in [1.165, 1.54) is 13.1 Å². The number of benzene rings is 3. The molecule has 28 heavy (non-hydrogen) atoms. The third-order valence-electron chi connectivity index (χ3n) is 4.06. The second kappa shape index (κ2) is 9.32. The van der Waals surface area contributed by atoms with Gasteiger partial charge in [-0.1, -0.05) is 78.0 Å². The fourth-order valence-electron chi connectivity index (χ4n) is 2.61. The topological polar surface area (TPSA) is 77.0 Å². The zero-order chi connectivity index (χ0) is 19.8. The third kappa shape index (κ3) is 5.17. The van der Waals surface area contributed by atoms with Crippen LogP contribution in [0, 0.1) is 0 Å². The van der Waals surface area contributed by atoms with Gasteiger partial charge in [-0.2, -0.15) is 0 Å². The first kappa shape index (κ1) is 19.1. The lowest BCUT2D eigenvalue weighted by atomic mass is 10.1. The van der Waals surface area contributed by atoms with E-state index in [1.807, 2.05) is 72.8 Å². The summed E-state index contributed by atoms with van der Waals surface area (Å²) in [5, 5.41) is 8.16. The van der Waals surface area contributed by atoms with Gasteiger partial charge in [0.25, 0.3) is 0 Å². The molecule has 0 bridgehead atoms. The van der Waals surface area contributed by atoms with Gasteiger partial charge in [0.1, 0.15) is 12.6 Å². The molecule has 3 aromatic carbocycles. The molecule has 6 nitrogen and oxygen atoms in total. The largest absolute Gasteiger partial charge is 0.459 e. The molecule has 0 heterocycles. The fourth-order valence-corrected chi connectivity index (χ4v) is 2.61. The summed E-state index contributed by atoms with van der Waals surface area (Å²) in [6.07, 6.45) is 0.626. The Hall–Kier alpha value is -3.67. The smallest absolute Gasteiger partial charge is 0.434 e. The van der Waals surface area contributed by atoms with Crippen molar-refractivity contribution in [1.29, 1.82) is 0 Å². The lowest BCUT2D eigenvalue weighted by Gasteiger charge is -2.12. The number of nitrogens with zero attached hydrogens (tertiary/aromatic N) is 1. The molecular formula is C22H20N2O4. The van der Waals surface area contributed by atoms with Gasteiger partial charge < -0.3 is 10.1 Å². The van der Waals surface area contributed by atoms with Crippen molar-refractivity contribution in [3.63, 3.8) is 0 Å². The molecule has 1 unspecified atom stereocenters. The maximum absolute atomic E-state index is 12.0. The van der Waals surface area contributed by atoms with Crippen molar-refractivity contribution in [3.05, 3.63) is 83.9 Å². The highest BCUT2D eigenvalue weighted by Gasteiger charge is 2.18. The maximum Gasteiger partial charge on any atom is 0.434 e. The number of nitrogens with one attached hydrogen (secondary N) is 1. The Kier molecular flexibility index (Phi) is 6.36. The molecule has 0 saturated heterocycles. The highest BCUT2D eigenvalue weighted by Crippen LogP contribution is 2.16. The van der Waals surface area contributed by atoms with Crippen LogP contribution in [0.4, 0.5) is 4.79 Å². The lowest BCUT2D eigenvalue weighted by Crippen LogP contribution is -2.39. The van der Waals surface area contributed by atoms with Gasteiger partial charge in [-0.05, 0) is 23.3 Å². The lowest BCUT2D eigenvalue weighted by molar-refractivity contribution is -0.146. The first-order valence-electron chi connectivity index (χ1n) is 8.82. The van der Waals surface area contributed by atoms with Crippen LogP contribution in [0.25, 0.3) is 10.8 Å². The quantitative estimate of drug-likeness (QED) is 0.305. The van der Waals surface area contributed by atoms with Crippen LogP contribution in [-0.4, -0.2) is 24.3 Å². The molecule has 0 aliphatic carbocycles. The summed E-state index contributed by atoms with van der Waals surface area (Å²) in [7, 11) is 0. The number of carbonyl (C=O) groups is 2. The Morgan fingerprint density at radius 3 is 2.54 bits per heavy atom. The van der Waals surface area contributed by atoms with E-state index in [0.717, 1.165) is 21.9 Å². The predicted molar refractivity (Wildman–Crippen MR) is 107 cm³/mol. The van der Waals surface area contributed by atoms with E-state index < -0.39 is 18.1 Å². The van der Waals surface area contributed by atoms with Crippen LogP contribution in [0.15, 0.2) is 78.0 Å². The monoisotopic (exact) mass is 376 g/mol. The van der Waals surface area contributed by atoms with Crippen molar-refractivity contribution in [1.82, 2.24) is 5.32 Å². The molecular weight excluding hydrogens is 356 g/mol. The number of hydrogen-bond donors (Lipinski definition) is 1. The molecule has 3 rings (SSSR count). The molecule has 0 fully saturated rings. The van der Waals surface area contributed by atoms with Crippen LogP contribution in [0.3, 0.4) is 0 Å². The molecule has 142 valence electrons. The average molecular weight is 376 g/mol. The first-order valence-corrected chi connectivity index (χ1v) is 8.82. The number of fused-ring (bicyclic) bond motifs is 1. The number of rotatable bonds is 6. The molecule has 1 amide bonds.